The number of piperidine rings is 1. The molecule has 31 heavy (non-hydrogen) atoms. The number of amides is 1. The van der Waals surface area contributed by atoms with Gasteiger partial charge in [-0.05, 0) is 54.2 Å². The molecule has 1 amide bonds. The van der Waals surface area contributed by atoms with Crippen molar-refractivity contribution in [3.8, 4) is 11.4 Å². The molecule has 1 N–H and O–H groups in total. The molecule has 1 saturated heterocycles. The number of nitrogens with one attached hydrogen (secondary N) is 1. The molecule has 5 rings (SSSR count). The molecule has 0 aliphatic carbocycles. The molecule has 4 heterocycles. The fourth-order valence-electron chi connectivity index (χ4n) is 4.10. The number of rotatable bonds is 4. The lowest BCUT2D eigenvalue weighted by Gasteiger charge is -2.33. The molecule has 0 bridgehead atoms. The number of nitrogens with zero attached hydrogens (tertiary/aromatic N) is 7. The molecular formula is C21H23BrN8O. The van der Waals surface area contributed by atoms with Crippen molar-refractivity contribution in [2.45, 2.75) is 32.2 Å². The van der Waals surface area contributed by atoms with Crippen LogP contribution >= 0.6 is 15.9 Å². The van der Waals surface area contributed by atoms with Crippen LogP contribution in [0, 0.1) is 0 Å². The van der Waals surface area contributed by atoms with Crippen LogP contribution in [0.15, 0.2) is 35.1 Å². The predicted octanol–water partition coefficient (Wildman–Crippen LogP) is 3.25. The van der Waals surface area contributed by atoms with Crippen LogP contribution < -0.4 is 5.32 Å². The molecule has 0 radical (unpaired) electrons. The van der Waals surface area contributed by atoms with Crippen molar-refractivity contribution >= 4 is 44.3 Å². The van der Waals surface area contributed by atoms with Crippen LogP contribution in [-0.2, 0) is 11.8 Å². The molecule has 1 aliphatic heterocycles. The molecule has 1 aliphatic rings. The van der Waals surface area contributed by atoms with E-state index < -0.39 is 0 Å². The summed E-state index contributed by atoms with van der Waals surface area (Å²) in [6.45, 7) is 3.07. The fraction of sp³-hybridized carbons (Fsp3) is 0.381. The monoisotopic (exact) mass is 482 g/mol. The van der Waals surface area contributed by atoms with Crippen molar-refractivity contribution in [3.05, 3.63) is 35.1 Å². The van der Waals surface area contributed by atoms with Crippen LogP contribution in [0.1, 0.15) is 26.2 Å². The standard InChI is InChI=1S/C21H23BrN8O/c1-13-6-3-4-9-29(13)17(31)11-23-21-25-18-15(7-5-8-16(18)22)20-26-19(27-30(20)21)14-10-24-28(2)12-14/h5,7-8,10,12-13H,3-4,6,9,11H2,1-2H3,(H,23,25). The topological polar surface area (TPSA) is 93.2 Å². The minimum Gasteiger partial charge on any atom is -0.345 e. The Morgan fingerprint density at radius 2 is 2.16 bits per heavy atom. The Labute approximate surface area is 187 Å². The highest BCUT2D eigenvalue weighted by molar-refractivity contribution is 9.10. The van der Waals surface area contributed by atoms with Gasteiger partial charge in [-0.15, -0.1) is 5.10 Å². The molecule has 1 atom stereocenters. The first kappa shape index (κ1) is 19.9. The molecular weight excluding hydrogens is 460 g/mol. The maximum Gasteiger partial charge on any atom is 0.242 e. The number of aromatic nitrogens is 6. The molecule has 1 aromatic carbocycles. The molecule has 0 saturated carbocycles. The number of anilines is 1. The third-order valence-corrected chi connectivity index (χ3v) is 6.38. The van der Waals surface area contributed by atoms with Gasteiger partial charge in [0.2, 0.25) is 11.9 Å². The van der Waals surface area contributed by atoms with Gasteiger partial charge in [-0.1, -0.05) is 6.07 Å². The summed E-state index contributed by atoms with van der Waals surface area (Å²) < 4.78 is 4.24. The molecule has 3 aromatic heterocycles. The lowest BCUT2D eigenvalue weighted by atomic mass is 10.0. The predicted molar refractivity (Wildman–Crippen MR) is 122 cm³/mol. The number of likely N-dealkylation sites (tertiary alicyclic amines) is 1. The maximum atomic E-state index is 12.8. The van der Waals surface area contributed by atoms with E-state index in [4.69, 9.17) is 9.97 Å². The number of hydrogen-bond acceptors (Lipinski definition) is 6. The van der Waals surface area contributed by atoms with E-state index in [2.05, 4.69) is 38.4 Å². The summed E-state index contributed by atoms with van der Waals surface area (Å²) in [5.74, 6) is 1.11. The van der Waals surface area contributed by atoms with Gasteiger partial charge in [0.25, 0.3) is 0 Å². The number of hydrogen-bond donors (Lipinski definition) is 1. The largest absolute Gasteiger partial charge is 0.345 e. The van der Waals surface area contributed by atoms with E-state index in [1.54, 1.807) is 15.4 Å². The summed E-state index contributed by atoms with van der Waals surface area (Å²) in [7, 11) is 1.85. The highest BCUT2D eigenvalue weighted by Gasteiger charge is 2.23. The second-order valence-electron chi connectivity index (χ2n) is 7.93. The molecule has 1 unspecified atom stereocenters. The van der Waals surface area contributed by atoms with E-state index in [0.717, 1.165) is 40.3 Å². The summed E-state index contributed by atoms with van der Waals surface area (Å²) >= 11 is 3.59. The van der Waals surface area contributed by atoms with Gasteiger partial charge in [-0.25, -0.2) is 9.97 Å². The lowest BCUT2D eigenvalue weighted by molar-refractivity contribution is -0.132. The summed E-state index contributed by atoms with van der Waals surface area (Å²) in [6.07, 6.45) is 6.88. The summed E-state index contributed by atoms with van der Waals surface area (Å²) in [5, 5.41) is 13.0. The van der Waals surface area contributed by atoms with Gasteiger partial charge >= 0.3 is 0 Å². The van der Waals surface area contributed by atoms with Crippen molar-refractivity contribution in [2.24, 2.45) is 7.05 Å². The van der Waals surface area contributed by atoms with Crippen molar-refractivity contribution in [1.29, 1.82) is 0 Å². The van der Waals surface area contributed by atoms with Crippen molar-refractivity contribution in [2.75, 3.05) is 18.4 Å². The Hall–Kier alpha value is -3.01. The Morgan fingerprint density at radius 3 is 2.94 bits per heavy atom. The van der Waals surface area contributed by atoms with Crippen molar-refractivity contribution < 1.29 is 4.79 Å². The third-order valence-electron chi connectivity index (χ3n) is 5.74. The van der Waals surface area contributed by atoms with E-state index in [9.17, 15) is 4.79 Å². The maximum absolute atomic E-state index is 12.8. The first-order valence-electron chi connectivity index (χ1n) is 10.4. The van der Waals surface area contributed by atoms with Gasteiger partial charge in [-0.3, -0.25) is 9.48 Å². The zero-order chi connectivity index (χ0) is 21.5. The molecule has 0 spiro atoms. The van der Waals surface area contributed by atoms with E-state index in [1.807, 2.05) is 36.3 Å². The SMILES string of the molecule is CC1CCCCN1C(=O)CNc1nc2c(Br)cccc2c2nc(-c3cnn(C)c3)nn12. The number of benzene rings is 1. The molecule has 4 aromatic rings. The van der Waals surface area contributed by atoms with Gasteiger partial charge in [0, 0.05) is 35.7 Å². The number of para-hydroxylation sites is 1. The minimum atomic E-state index is 0.0713. The van der Waals surface area contributed by atoms with Crippen molar-refractivity contribution in [1.82, 2.24) is 34.3 Å². The average Bonchev–Trinajstić information content (AvgIpc) is 3.39. The van der Waals surface area contributed by atoms with E-state index in [1.165, 1.54) is 6.42 Å². The fourth-order valence-corrected chi connectivity index (χ4v) is 4.55. The van der Waals surface area contributed by atoms with Crippen LogP contribution in [0.3, 0.4) is 0 Å². The van der Waals surface area contributed by atoms with Gasteiger partial charge in [0.05, 0.1) is 23.8 Å². The number of halogens is 1. The van der Waals surface area contributed by atoms with Crippen LogP contribution in [-0.4, -0.2) is 59.3 Å². The first-order valence-corrected chi connectivity index (χ1v) is 11.2. The second-order valence-corrected chi connectivity index (χ2v) is 8.78. The quantitative estimate of drug-likeness (QED) is 0.479. The molecule has 1 fully saturated rings. The average molecular weight is 483 g/mol. The third kappa shape index (κ3) is 3.65. The van der Waals surface area contributed by atoms with Crippen LogP contribution in [0.5, 0.6) is 0 Å². The van der Waals surface area contributed by atoms with Crippen LogP contribution in [0.2, 0.25) is 0 Å². The van der Waals surface area contributed by atoms with Gasteiger partial charge < -0.3 is 10.2 Å². The molecule has 160 valence electrons. The zero-order valence-electron chi connectivity index (χ0n) is 17.4. The summed E-state index contributed by atoms with van der Waals surface area (Å²) in [4.78, 5) is 24.3. The molecule has 10 heteroatoms. The normalized spacial score (nSPS) is 16.9. The van der Waals surface area contributed by atoms with E-state index >= 15 is 0 Å². The Balaban J connectivity index is 1.55. The van der Waals surface area contributed by atoms with Gasteiger partial charge in [0.15, 0.2) is 11.5 Å². The van der Waals surface area contributed by atoms with E-state index in [0.29, 0.717) is 17.4 Å². The minimum absolute atomic E-state index is 0.0713. The Bertz CT molecular complexity index is 1280. The second kappa shape index (κ2) is 7.92. The van der Waals surface area contributed by atoms with Crippen molar-refractivity contribution in [3.63, 3.8) is 0 Å². The van der Waals surface area contributed by atoms with Crippen LogP contribution in [0.4, 0.5) is 5.95 Å². The summed E-state index contributed by atoms with van der Waals surface area (Å²) in [6, 6.07) is 6.12. The Kier molecular flexibility index (Phi) is 5.09. The highest BCUT2D eigenvalue weighted by Crippen LogP contribution is 2.28. The van der Waals surface area contributed by atoms with Crippen LogP contribution in [0.25, 0.3) is 27.9 Å². The smallest absolute Gasteiger partial charge is 0.242 e. The number of fused-ring (bicyclic) bond motifs is 3. The van der Waals surface area contributed by atoms with Gasteiger partial charge in [0.1, 0.15) is 0 Å². The summed E-state index contributed by atoms with van der Waals surface area (Å²) in [5.41, 5.74) is 2.26. The number of carbonyl (C=O) groups is 1. The Morgan fingerprint density at radius 1 is 1.29 bits per heavy atom. The van der Waals surface area contributed by atoms with Gasteiger partial charge in [-0.2, -0.15) is 9.61 Å². The highest BCUT2D eigenvalue weighted by atomic mass is 79.9. The number of aryl methyl sites for hydroxylation is 1. The first-order chi connectivity index (χ1) is 15.0. The zero-order valence-corrected chi connectivity index (χ0v) is 19.0. The van der Waals surface area contributed by atoms with E-state index in [-0.39, 0.29) is 18.5 Å². The molecule has 9 nitrogen and oxygen atoms in total. The lowest BCUT2D eigenvalue weighted by Crippen LogP contribution is -2.44. The number of carbonyl (C=O) groups excluding carboxylic acids is 1.